The van der Waals surface area contributed by atoms with Crippen LogP contribution in [0, 0.1) is 5.92 Å². The van der Waals surface area contributed by atoms with Gasteiger partial charge in [0, 0.05) is 24.3 Å². The zero-order valence-corrected chi connectivity index (χ0v) is 9.48. The minimum Gasteiger partial charge on any atom is -0.383 e. The number of nitrogens with two attached hydrogens (primary N) is 1. The molecule has 0 bridgehead atoms. The van der Waals surface area contributed by atoms with Crippen LogP contribution < -0.4 is 5.73 Å². The highest BCUT2D eigenvalue weighted by Gasteiger charge is 2.30. The Morgan fingerprint density at radius 2 is 2.33 bits per heavy atom. The van der Waals surface area contributed by atoms with Gasteiger partial charge in [-0.15, -0.1) is 0 Å². The molecule has 1 unspecified atom stereocenters. The Kier molecular flexibility index (Phi) is 2.91. The Morgan fingerprint density at radius 1 is 1.60 bits per heavy atom. The normalized spacial score (nSPS) is 18.1. The van der Waals surface area contributed by atoms with Crippen molar-refractivity contribution in [3.05, 3.63) is 23.9 Å². The second-order valence-corrected chi connectivity index (χ2v) is 4.54. The maximum Gasteiger partial charge on any atom is 0.127 e. The highest BCUT2D eigenvalue weighted by Crippen LogP contribution is 2.35. The van der Waals surface area contributed by atoms with Crippen molar-refractivity contribution < 1.29 is 0 Å². The van der Waals surface area contributed by atoms with E-state index in [0.29, 0.717) is 11.9 Å². The Balaban J connectivity index is 1.98. The van der Waals surface area contributed by atoms with Crippen LogP contribution in [-0.4, -0.2) is 23.0 Å². The van der Waals surface area contributed by atoms with E-state index in [9.17, 15) is 0 Å². The van der Waals surface area contributed by atoms with E-state index < -0.39 is 0 Å². The monoisotopic (exact) mass is 205 g/mol. The molecule has 0 amide bonds. The van der Waals surface area contributed by atoms with Crippen LogP contribution >= 0.6 is 0 Å². The average molecular weight is 205 g/mol. The molecule has 1 atom stereocenters. The predicted molar refractivity (Wildman–Crippen MR) is 62.3 cm³/mol. The molecule has 1 aliphatic rings. The third kappa shape index (κ3) is 2.48. The number of hydrogen-bond acceptors (Lipinski definition) is 3. The Labute approximate surface area is 91.3 Å². The fraction of sp³-hybridized carbons (Fsp3) is 0.583. The van der Waals surface area contributed by atoms with Crippen LogP contribution in [-0.2, 0) is 6.54 Å². The molecule has 1 saturated carbocycles. The maximum absolute atomic E-state index is 5.82. The van der Waals surface area contributed by atoms with Crippen molar-refractivity contribution in [3.63, 3.8) is 0 Å². The molecule has 82 valence electrons. The molecule has 0 aromatic carbocycles. The van der Waals surface area contributed by atoms with E-state index in [1.165, 1.54) is 12.8 Å². The molecule has 1 aromatic rings. The lowest BCUT2D eigenvalue weighted by atomic mass is 10.1. The molecule has 2 rings (SSSR count). The van der Waals surface area contributed by atoms with E-state index in [2.05, 4.69) is 29.9 Å². The minimum atomic E-state index is 0.657. The van der Waals surface area contributed by atoms with Crippen LogP contribution in [0.25, 0.3) is 0 Å². The summed E-state index contributed by atoms with van der Waals surface area (Å²) in [5.41, 5.74) is 6.95. The number of aromatic nitrogens is 1. The van der Waals surface area contributed by atoms with Gasteiger partial charge in [-0.2, -0.15) is 0 Å². The third-order valence-corrected chi connectivity index (χ3v) is 3.35. The molecule has 15 heavy (non-hydrogen) atoms. The molecule has 0 aliphatic heterocycles. The number of rotatable bonds is 4. The summed E-state index contributed by atoms with van der Waals surface area (Å²) in [6.45, 7) is 3.20. The lowest BCUT2D eigenvalue weighted by molar-refractivity contribution is 0.227. The second-order valence-electron chi connectivity index (χ2n) is 4.54. The van der Waals surface area contributed by atoms with Gasteiger partial charge in [-0.3, -0.25) is 4.90 Å². The van der Waals surface area contributed by atoms with Gasteiger partial charge in [-0.05, 0) is 38.8 Å². The van der Waals surface area contributed by atoms with Crippen molar-refractivity contribution in [1.82, 2.24) is 9.88 Å². The van der Waals surface area contributed by atoms with Crippen molar-refractivity contribution in [2.45, 2.75) is 32.4 Å². The molecule has 0 radical (unpaired) electrons. The topological polar surface area (TPSA) is 42.2 Å². The van der Waals surface area contributed by atoms with Crippen LogP contribution in [0.4, 0.5) is 5.82 Å². The number of nitrogen functional groups attached to an aromatic ring is 1. The predicted octanol–water partition coefficient (Wildman–Crippen LogP) is 1.89. The molecule has 3 nitrogen and oxygen atoms in total. The van der Waals surface area contributed by atoms with Crippen LogP contribution in [0.3, 0.4) is 0 Å². The van der Waals surface area contributed by atoms with Gasteiger partial charge in [-0.25, -0.2) is 4.98 Å². The standard InChI is InChI=1S/C12H19N3/c1-9(10-5-6-10)15(2)8-11-4-3-7-14-12(11)13/h3-4,7,9-10H,5-6,8H2,1-2H3,(H2,13,14). The molecule has 1 aromatic heterocycles. The first-order chi connectivity index (χ1) is 7.18. The summed E-state index contributed by atoms with van der Waals surface area (Å²) in [4.78, 5) is 6.47. The maximum atomic E-state index is 5.82. The van der Waals surface area contributed by atoms with E-state index in [-0.39, 0.29) is 0 Å². The van der Waals surface area contributed by atoms with Crippen molar-refractivity contribution in [2.24, 2.45) is 5.92 Å². The smallest absolute Gasteiger partial charge is 0.127 e. The molecule has 2 N–H and O–H groups in total. The summed E-state index contributed by atoms with van der Waals surface area (Å²) in [5, 5.41) is 0. The van der Waals surface area contributed by atoms with Crippen molar-refractivity contribution in [3.8, 4) is 0 Å². The SMILES string of the molecule is CC(C1CC1)N(C)Cc1cccnc1N. The van der Waals surface area contributed by atoms with Crippen molar-refractivity contribution in [2.75, 3.05) is 12.8 Å². The van der Waals surface area contributed by atoms with Crippen LogP contribution in [0.15, 0.2) is 18.3 Å². The van der Waals surface area contributed by atoms with Gasteiger partial charge in [0.2, 0.25) is 0 Å². The molecule has 3 heteroatoms. The summed E-state index contributed by atoms with van der Waals surface area (Å²) in [7, 11) is 2.16. The first-order valence-electron chi connectivity index (χ1n) is 5.58. The van der Waals surface area contributed by atoms with Gasteiger partial charge >= 0.3 is 0 Å². The zero-order chi connectivity index (χ0) is 10.8. The van der Waals surface area contributed by atoms with E-state index in [1.54, 1.807) is 6.20 Å². The molecular formula is C12H19N3. The number of hydrogen-bond donors (Lipinski definition) is 1. The highest BCUT2D eigenvalue weighted by atomic mass is 15.1. The summed E-state index contributed by atoms with van der Waals surface area (Å²) in [5.74, 6) is 1.56. The molecule has 0 spiro atoms. The average Bonchev–Trinajstić information content (AvgIpc) is 3.04. The van der Waals surface area contributed by atoms with E-state index >= 15 is 0 Å². The summed E-state index contributed by atoms with van der Waals surface area (Å²) in [6, 6.07) is 4.66. The Bertz CT molecular complexity index is 333. The largest absolute Gasteiger partial charge is 0.383 e. The molecule has 1 heterocycles. The minimum absolute atomic E-state index is 0.657. The first-order valence-corrected chi connectivity index (χ1v) is 5.58. The van der Waals surface area contributed by atoms with E-state index in [0.717, 1.165) is 18.0 Å². The van der Waals surface area contributed by atoms with Gasteiger partial charge in [0.05, 0.1) is 0 Å². The molecule has 1 fully saturated rings. The lowest BCUT2D eigenvalue weighted by Crippen LogP contribution is -2.30. The molecule has 1 aliphatic carbocycles. The third-order valence-electron chi connectivity index (χ3n) is 3.35. The fourth-order valence-electron chi connectivity index (χ4n) is 1.94. The van der Waals surface area contributed by atoms with Gasteiger partial charge < -0.3 is 5.73 Å². The van der Waals surface area contributed by atoms with Crippen molar-refractivity contribution in [1.29, 1.82) is 0 Å². The van der Waals surface area contributed by atoms with Gasteiger partial charge in [-0.1, -0.05) is 6.07 Å². The van der Waals surface area contributed by atoms with Crippen LogP contribution in [0.2, 0.25) is 0 Å². The first kappa shape index (κ1) is 10.4. The fourth-order valence-corrected chi connectivity index (χ4v) is 1.94. The van der Waals surface area contributed by atoms with Gasteiger partial charge in [0.1, 0.15) is 5.82 Å². The van der Waals surface area contributed by atoms with E-state index in [4.69, 9.17) is 5.73 Å². The number of nitrogens with zero attached hydrogens (tertiary/aromatic N) is 2. The summed E-state index contributed by atoms with van der Waals surface area (Å²) < 4.78 is 0. The van der Waals surface area contributed by atoms with Gasteiger partial charge in [0.25, 0.3) is 0 Å². The quantitative estimate of drug-likeness (QED) is 0.816. The molecule has 0 saturated heterocycles. The number of pyridine rings is 1. The highest BCUT2D eigenvalue weighted by molar-refractivity contribution is 5.38. The lowest BCUT2D eigenvalue weighted by Gasteiger charge is -2.24. The zero-order valence-electron chi connectivity index (χ0n) is 9.48. The Morgan fingerprint density at radius 3 is 2.93 bits per heavy atom. The van der Waals surface area contributed by atoms with Crippen LogP contribution in [0.1, 0.15) is 25.3 Å². The van der Waals surface area contributed by atoms with Crippen LogP contribution in [0.5, 0.6) is 0 Å². The Hall–Kier alpha value is -1.09. The second kappa shape index (κ2) is 4.19. The molecular weight excluding hydrogens is 186 g/mol. The summed E-state index contributed by atoms with van der Waals surface area (Å²) in [6.07, 6.45) is 4.51. The number of anilines is 1. The van der Waals surface area contributed by atoms with E-state index in [1.807, 2.05) is 6.07 Å². The van der Waals surface area contributed by atoms with Gasteiger partial charge in [0.15, 0.2) is 0 Å². The van der Waals surface area contributed by atoms with Crippen molar-refractivity contribution >= 4 is 5.82 Å². The summed E-state index contributed by atoms with van der Waals surface area (Å²) >= 11 is 0.